The second kappa shape index (κ2) is 8.67. The van der Waals surface area contributed by atoms with Crippen LogP contribution in [0.1, 0.15) is 20.3 Å². The second-order valence-electron chi connectivity index (χ2n) is 4.72. The van der Waals surface area contributed by atoms with Crippen LogP contribution in [0.4, 0.5) is 4.39 Å². The van der Waals surface area contributed by atoms with E-state index in [0.29, 0.717) is 18.7 Å². The molecule has 0 aromatic heterocycles. The molecule has 1 N–H and O–H groups in total. The van der Waals surface area contributed by atoms with E-state index in [-0.39, 0.29) is 18.3 Å². The average Bonchev–Trinajstić information content (AvgIpc) is 2.46. The molecule has 0 aliphatic heterocycles. The smallest absolute Gasteiger partial charge is 0.308 e. The van der Waals surface area contributed by atoms with Crippen molar-refractivity contribution in [3.8, 4) is 0 Å². The molecule has 1 aromatic carbocycles. The zero-order chi connectivity index (χ0) is 15.8. The molecule has 0 saturated carbocycles. The molecular formula is C15H20FNO3S. The molecule has 1 aromatic rings. The van der Waals surface area contributed by atoms with E-state index in [0.717, 1.165) is 4.90 Å². The number of hydrogen-bond donors (Lipinski definition) is 1. The average molecular weight is 313 g/mol. The summed E-state index contributed by atoms with van der Waals surface area (Å²) in [6, 6.07) is 6.12. The molecule has 21 heavy (non-hydrogen) atoms. The number of carboxylic acids is 1. The molecule has 0 spiro atoms. The Bertz CT molecular complexity index is 478. The van der Waals surface area contributed by atoms with E-state index in [9.17, 15) is 14.0 Å². The van der Waals surface area contributed by atoms with Gasteiger partial charge in [-0.15, -0.1) is 11.8 Å². The molecular weight excluding hydrogens is 293 g/mol. The van der Waals surface area contributed by atoms with Crippen LogP contribution in [-0.2, 0) is 9.59 Å². The highest BCUT2D eigenvalue weighted by Gasteiger charge is 2.18. The van der Waals surface area contributed by atoms with Crippen molar-refractivity contribution in [1.29, 1.82) is 0 Å². The van der Waals surface area contributed by atoms with Crippen molar-refractivity contribution in [2.45, 2.75) is 25.2 Å². The Hall–Kier alpha value is -1.56. The van der Waals surface area contributed by atoms with E-state index in [2.05, 4.69) is 0 Å². The van der Waals surface area contributed by atoms with Crippen LogP contribution in [0, 0.1) is 11.7 Å². The van der Waals surface area contributed by atoms with Gasteiger partial charge in [-0.3, -0.25) is 9.59 Å². The van der Waals surface area contributed by atoms with Gasteiger partial charge in [0.2, 0.25) is 5.91 Å². The van der Waals surface area contributed by atoms with Crippen LogP contribution >= 0.6 is 11.8 Å². The van der Waals surface area contributed by atoms with Gasteiger partial charge < -0.3 is 10.0 Å². The van der Waals surface area contributed by atoms with Crippen molar-refractivity contribution < 1.29 is 19.1 Å². The predicted octanol–water partition coefficient (Wildman–Crippen LogP) is 2.88. The maximum absolute atomic E-state index is 12.8. The Morgan fingerprint density at radius 3 is 2.48 bits per heavy atom. The van der Waals surface area contributed by atoms with E-state index in [1.54, 1.807) is 24.0 Å². The molecule has 1 amide bonds. The van der Waals surface area contributed by atoms with Crippen LogP contribution in [0.2, 0.25) is 0 Å². The highest BCUT2D eigenvalue weighted by Crippen LogP contribution is 2.19. The van der Waals surface area contributed by atoms with Gasteiger partial charge in [-0.25, -0.2) is 4.39 Å². The summed E-state index contributed by atoms with van der Waals surface area (Å²) in [4.78, 5) is 25.3. The fourth-order valence-corrected chi connectivity index (χ4v) is 2.60. The quantitative estimate of drug-likeness (QED) is 0.750. The number of thioether (sulfide) groups is 1. The van der Waals surface area contributed by atoms with Crippen LogP contribution in [0.25, 0.3) is 0 Å². The zero-order valence-corrected chi connectivity index (χ0v) is 13.0. The Labute approximate surface area is 128 Å². The van der Waals surface area contributed by atoms with Crippen molar-refractivity contribution in [3.63, 3.8) is 0 Å². The molecule has 4 nitrogen and oxygen atoms in total. The molecule has 1 rings (SSSR count). The third-order valence-electron chi connectivity index (χ3n) is 3.05. The first kappa shape index (κ1) is 17.5. The topological polar surface area (TPSA) is 57.6 Å². The van der Waals surface area contributed by atoms with E-state index >= 15 is 0 Å². The molecule has 0 saturated heterocycles. The molecule has 1 atom stereocenters. The normalized spacial score (nSPS) is 12.0. The van der Waals surface area contributed by atoms with Crippen molar-refractivity contribution >= 4 is 23.6 Å². The van der Waals surface area contributed by atoms with Crippen LogP contribution in [-0.4, -0.2) is 40.7 Å². The van der Waals surface area contributed by atoms with Crippen LogP contribution in [0.3, 0.4) is 0 Å². The summed E-state index contributed by atoms with van der Waals surface area (Å²) in [5, 5.41) is 8.88. The summed E-state index contributed by atoms with van der Waals surface area (Å²) in [6.45, 7) is 4.15. The number of carbonyl (C=O) groups is 2. The number of carboxylic acid groups (broad SMARTS) is 1. The van der Waals surface area contributed by atoms with Crippen molar-refractivity contribution in [2.75, 3.05) is 18.8 Å². The summed E-state index contributed by atoms with van der Waals surface area (Å²) in [5.74, 6) is -1.22. The number of nitrogens with zero attached hydrogens (tertiary/aromatic N) is 1. The predicted molar refractivity (Wildman–Crippen MR) is 80.8 cm³/mol. The maximum Gasteiger partial charge on any atom is 0.308 e. The van der Waals surface area contributed by atoms with Gasteiger partial charge in [0, 0.05) is 30.2 Å². The lowest BCUT2D eigenvalue weighted by Crippen LogP contribution is -2.36. The standard InChI is InChI=1S/C15H20FNO3S/c1-3-17(10-11(2)15(19)20)14(18)8-9-21-13-6-4-12(16)5-7-13/h4-7,11H,3,8-10H2,1-2H3,(H,19,20). The Balaban J connectivity index is 2.40. The van der Waals surface area contributed by atoms with Gasteiger partial charge >= 0.3 is 5.97 Å². The number of rotatable bonds is 8. The second-order valence-corrected chi connectivity index (χ2v) is 5.89. The van der Waals surface area contributed by atoms with Gasteiger partial charge in [-0.05, 0) is 31.2 Å². The minimum atomic E-state index is -0.901. The molecule has 0 fully saturated rings. The largest absolute Gasteiger partial charge is 0.481 e. The fraction of sp³-hybridized carbons (Fsp3) is 0.467. The third-order valence-corrected chi connectivity index (χ3v) is 4.06. The lowest BCUT2D eigenvalue weighted by Gasteiger charge is -2.22. The molecule has 116 valence electrons. The molecule has 1 unspecified atom stereocenters. The van der Waals surface area contributed by atoms with Gasteiger partial charge in [0.05, 0.1) is 5.92 Å². The Morgan fingerprint density at radius 1 is 1.33 bits per heavy atom. The number of amides is 1. The number of benzene rings is 1. The van der Waals surface area contributed by atoms with Crippen molar-refractivity contribution in [1.82, 2.24) is 4.90 Å². The first-order chi connectivity index (χ1) is 9.93. The maximum atomic E-state index is 12.8. The lowest BCUT2D eigenvalue weighted by molar-refractivity contribution is -0.143. The SMILES string of the molecule is CCN(CC(C)C(=O)O)C(=O)CCSc1ccc(F)cc1. The van der Waals surface area contributed by atoms with Crippen LogP contribution in [0.15, 0.2) is 29.2 Å². The summed E-state index contributed by atoms with van der Waals surface area (Å²) in [6.07, 6.45) is 0.336. The van der Waals surface area contributed by atoms with Gasteiger partial charge in [-0.2, -0.15) is 0 Å². The van der Waals surface area contributed by atoms with Crippen LogP contribution < -0.4 is 0 Å². The van der Waals surface area contributed by atoms with E-state index in [1.165, 1.54) is 23.9 Å². The fourth-order valence-electron chi connectivity index (χ4n) is 1.76. The third kappa shape index (κ3) is 6.16. The van der Waals surface area contributed by atoms with Gasteiger partial charge in [-0.1, -0.05) is 6.92 Å². The molecule has 0 aliphatic carbocycles. The molecule has 0 aliphatic rings. The van der Waals surface area contributed by atoms with E-state index in [1.807, 2.05) is 6.92 Å². The summed E-state index contributed by atoms with van der Waals surface area (Å²) >= 11 is 1.48. The van der Waals surface area contributed by atoms with Gasteiger partial charge in [0.1, 0.15) is 5.82 Å². The zero-order valence-electron chi connectivity index (χ0n) is 12.2. The lowest BCUT2D eigenvalue weighted by atomic mass is 10.1. The minimum Gasteiger partial charge on any atom is -0.481 e. The molecule has 6 heteroatoms. The van der Waals surface area contributed by atoms with Crippen LogP contribution in [0.5, 0.6) is 0 Å². The highest BCUT2D eigenvalue weighted by molar-refractivity contribution is 7.99. The van der Waals surface area contributed by atoms with E-state index in [4.69, 9.17) is 5.11 Å². The minimum absolute atomic E-state index is 0.0554. The summed E-state index contributed by atoms with van der Waals surface area (Å²) in [7, 11) is 0. The van der Waals surface area contributed by atoms with Gasteiger partial charge in [0.25, 0.3) is 0 Å². The number of hydrogen-bond acceptors (Lipinski definition) is 3. The highest BCUT2D eigenvalue weighted by atomic mass is 32.2. The molecule has 0 heterocycles. The van der Waals surface area contributed by atoms with E-state index < -0.39 is 11.9 Å². The number of halogens is 1. The number of aliphatic carboxylic acids is 1. The number of carbonyl (C=O) groups excluding carboxylic acids is 1. The summed E-state index contributed by atoms with van der Waals surface area (Å²) < 4.78 is 12.8. The molecule has 0 radical (unpaired) electrons. The monoisotopic (exact) mass is 313 g/mol. The molecule has 0 bridgehead atoms. The van der Waals surface area contributed by atoms with Crippen molar-refractivity contribution in [2.24, 2.45) is 5.92 Å². The van der Waals surface area contributed by atoms with Crippen molar-refractivity contribution in [3.05, 3.63) is 30.1 Å². The first-order valence-electron chi connectivity index (χ1n) is 6.83. The summed E-state index contributed by atoms with van der Waals surface area (Å²) in [5.41, 5.74) is 0. The Kier molecular flexibility index (Phi) is 7.22. The first-order valence-corrected chi connectivity index (χ1v) is 7.81. The Morgan fingerprint density at radius 2 is 1.95 bits per heavy atom. The van der Waals surface area contributed by atoms with Gasteiger partial charge in [0.15, 0.2) is 0 Å².